The maximum absolute atomic E-state index is 12.8. The predicted octanol–water partition coefficient (Wildman–Crippen LogP) is 3.89. The summed E-state index contributed by atoms with van der Waals surface area (Å²) < 4.78 is 38.3. The van der Waals surface area contributed by atoms with Crippen molar-refractivity contribution in [1.82, 2.24) is 4.98 Å². The van der Waals surface area contributed by atoms with Gasteiger partial charge in [-0.05, 0) is 42.8 Å². The molecule has 1 saturated heterocycles. The van der Waals surface area contributed by atoms with E-state index in [4.69, 9.17) is 11.6 Å². The SMILES string of the molecule is O=C(Nc1cc(C(F)(F)F)ccn1)[C@@H]1CCC(=O)N1c1ccc(Cl)cc1. The van der Waals surface area contributed by atoms with E-state index in [2.05, 4.69) is 10.3 Å². The second-order valence-corrected chi connectivity index (χ2v) is 6.15. The molecule has 0 radical (unpaired) electrons. The number of pyridine rings is 1. The number of carbonyl (C=O) groups is 2. The van der Waals surface area contributed by atoms with Crippen LogP contribution in [-0.4, -0.2) is 22.8 Å². The molecule has 0 saturated carbocycles. The first kappa shape index (κ1) is 18.2. The number of hydrogen-bond acceptors (Lipinski definition) is 3. The lowest BCUT2D eigenvalue weighted by Crippen LogP contribution is -2.41. The third-order valence-electron chi connectivity index (χ3n) is 3.96. The van der Waals surface area contributed by atoms with Crippen LogP contribution in [0.3, 0.4) is 0 Å². The molecule has 0 spiro atoms. The van der Waals surface area contributed by atoms with E-state index in [1.807, 2.05) is 0 Å². The molecule has 26 heavy (non-hydrogen) atoms. The van der Waals surface area contributed by atoms with Gasteiger partial charge in [-0.3, -0.25) is 14.5 Å². The van der Waals surface area contributed by atoms with Crippen molar-refractivity contribution in [3.63, 3.8) is 0 Å². The van der Waals surface area contributed by atoms with E-state index in [1.165, 1.54) is 4.90 Å². The Balaban J connectivity index is 1.80. The van der Waals surface area contributed by atoms with Crippen molar-refractivity contribution in [3.05, 3.63) is 53.2 Å². The normalized spacial score (nSPS) is 17.5. The number of amides is 2. The first-order valence-electron chi connectivity index (χ1n) is 7.67. The summed E-state index contributed by atoms with van der Waals surface area (Å²) in [6.45, 7) is 0. The van der Waals surface area contributed by atoms with Crippen LogP contribution in [0.5, 0.6) is 0 Å². The van der Waals surface area contributed by atoms with Crippen LogP contribution in [0.4, 0.5) is 24.7 Å². The van der Waals surface area contributed by atoms with Gasteiger partial charge in [0.05, 0.1) is 5.56 Å². The van der Waals surface area contributed by atoms with Crippen molar-refractivity contribution in [2.75, 3.05) is 10.2 Å². The average molecular weight is 384 g/mol. The Morgan fingerprint density at radius 3 is 2.58 bits per heavy atom. The van der Waals surface area contributed by atoms with Crippen LogP contribution in [0.25, 0.3) is 0 Å². The van der Waals surface area contributed by atoms with Gasteiger partial charge in [0.25, 0.3) is 0 Å². The highest BCUT2D eigenvalue weighted by atomic mass is 35.5. The lowest BCUT2D eigenvalue weighted by Gasteiger charge is -2.24. The summed E-state index contributed by atoms with van der Waals surface area (Å²) in [6.07, 6.45) is -3.15. The van der Waals surface area contributed by atoms with Crippen LogP contribution in [0, 0.1) is 0 Å². The Morgan fingerprint density at radius 2 is 1.92 bits per heavy atom. The Morgan fingerprint density at radius 1 is 1.23 bits per heavy atom. The zero-order valence-corrected chi connectivity index (χ0v) is 14.0. The molecule has 1 aliphatic rings. The lowest BCUT2D eigenvalue weighted by molar-refractivity contribution is -0.137. The fourth-order valence-electron chi connectivity index (χ4n) is 2.74. The maximum atomic E-state index is 12.8. The van der Waals surface area contributed by atoms with Crippen molar-refractivity contribution in [1.29, 1.82) is 0 Å². The van der Waals surface area contributed by atoms with Gasteiger partial charge < -0.3 is 5.32 Å². The van der Waals surface area contributed by atoms with Crippen LogP contribution < -0.4 is 10.2 Å². The van der Waals surface area contributed by atoms with Crippen molar-refractivity contribution in [3.8, 4) is 0 Å². The molecule has 9 heteroatoms. The highest BCUT2D eigenvalue weighted by molar-refractivity contribution is 6.30. The summed E-state index contributed by atoms with van der Waals surface area (Å²) in [4.78, 5) is 29.7. The topological polar surface area (TPSA) is 62.3 Å². The smallest absolute Gasteiger partial charge is 0.309 e. The molecule has 1 N–H and O–H groups in total. The molecule has 5 nitrogen and oxygen atoms in total. The average Bonchev–Trinajstić information content (AvgIpc) is 2.97. The van der Waals surface area contributed by atoms with Gasteiger partial charge in [0, 0.05) is 23.3 Å². The molecule has 1 aliphatic heterocycles. The molecule has 0 aliphatic carbocycles. The van der Waals surface area contributed by atoms with E-state index >= 15 is 0 Å². The minimum Gasteiger partial charge on any atom is -0.309 e. The number of nitrogens with zero attached hydrogens (tertiary/aromatic N) is 2. The molecule has 3 rings (SSSR count). The van der Waals surface area contributed by atoms with Crippen LogP contribution in [0.1, 0.15) is 18.4 Å². The first-order chi connectivity index (χ1) is 12.3. The van der Waals surface area contributed by atoms with Crippen LogP contribution >= 0.6 is 11.6 Å². The van der Waals surface area contributed by atoms with Gasteiger partial charge in [0.1, 0.15) is 11.9 Å². The zero-order chi connectivity index (χ0) is 18.9. The molecular formula is C17H13ClF3N3O2. The van der Waals surface area contributed by atoms with Crippen molar-refractivity contribution in [2.24, 2.45) is 0 Å². The first-order valence-corrected chi connectivity index (χ1v) is 8.05. The number of nitrogens with one attached hydrogen (secondary N) is 1. The highest BCUT2D eigenvalue weighted by Crippen LogP contribution is 2.31. The number of halogens is 4. The Bertz CT molecular complexity index is 840. The molecule has 136 valence electrons. The number of hydrogen-bond donors (Lipinski definition) is 1. The fraction of sp³-hybridized carbons (Fsp3) is 0.235. The maximum Gasteiger partial charge on any atom is 0.416 e. The lowest BCUT2D eigenvalue weighted by atomic mass is 10.2. The van der Waals surface area contributed by atoms with Crippen LogP contribution in [0.2, 0.25) is 5.02 Å². The molecule has 1 aromatic carbocycles. The molecule has 1 atom stereocenters. The van der Waals surface area contributed by atoms with E-state index in [1.54, 1.807) is 24.3 Å². The van der Waals surface area contributed by atoms with Crippen molar-refractivity contribution >= 4 is 34.9 Å². The Kier molecular flexibility index (Phi) is 4.86. The number of anilines is 2. The predicted molar refractivity (Wildman–Crippen MR) is 89.8 cm³/mol. The van der Waals surface area contributed by atoms with E-state index in [-0.39, 0.29) is 24.6 Å². The van der Waals surface area contributed by atoms with Crippen LogP contribution in [-0.2, 0) is 15.8 Å². The van der Waals surface area contributed by atoms with Gasteiger partial charge in [-0.15, -0.1) is 0 Å². The Labute approximate surface area is 151 Å². The third kappa shape index (κ3) is 3.80. The summed E-state index contributed by atoms with van der Waals surface area (Å²) in [5, 5.41) is 2.84. The van der Waals surface area contributed by atoms with Crippen molar-refractivity contribution in [2.45, 2.75) is 25.1 Å². The number of carbonyl (C=O) groups excluding carboxylic acids is 2. The van der Waals surface area contributed by atoms with Gasteiger partial charge >= 0.3 is 6.18 Å². The van der Waals surface area contributed by atoms with Gasteiger partial charge in [-0.2, -0.15) is 13.2 Å². The van der Waals surface area contributed by atoms with Crippen LogP contribution in [0.15, 0.2) is 42.6 Å². The molecule has 0 bridgehead atoms. The van der Waals surface area contributed by atoms with Gasteiger partial charge in [0.2, 0.25) is 11.8 Å². The molecular weight excluding hydrogens is 371 g/mol. The molecule has 2 heterocycles. The number of rotatable bonds is 3. The summed E-state index contributed by atoms with van der Waals surface area (Å²) in [6, 6.07) is 7.12. The van der Waals surface area contributed by atoms with Crippen molar-refractivity contribution < 1.29 is 22.8 Å². The minimum absolute atomic E-state index is 0.163. The number of benzene rings is 1. The molecule has 2 aromatic rings. The largest absolute Gasteiger partial charge is 0.416 e. The molecule has 2 amide bonds. The van der Waals surface area contributed by atoms with Gasteiger partial charge in [0.15, 0.2) is 0 Å². The summed E-state index contributed by atoms with van der Waals surface area (Å²) in [5.74, 6) is -1.07. The van der Waals surface area contributed by atoms with E-state index < -0.39 is 23.7 Å². The minimum atomic E-state index is -4.54. The molecule has 0 unspecified atom stereocenters. The second kappa shape index (κ2) is 6.95. The Hall–Kier alpha value is -2.61. The molecule has 1 aromatic heterocycles. The van der Waals surface area contributed by atoms with E-state index in [0.717, 1.165) is 18.3 Å². The summed E-state index contributed by atoms with van der Waals surface area (Å²) >= 11 is 5.83. The summed E-state index contributed by atoms with van der Waals surface area (Å²) in [5.41, 5.74) is -0.422. The number of alkyl halides is 3. The molecule has 1 fully saturated rings. The zero-order valence-electron chi connectivity index (χ0n) is 13.3. The monoisotopic (exact) mass is 383 g/mol. The van der Waals surface area contributed by atoms with Gasteiger partial charge in [-0.25, -0.2) is 4.98 Å². The fourth-order valence-corrected chi connectivity index (χ4v) is 2.87. The quantitative estimate of drug-likeness (QED) is 0.874. The summed E-state index contributed by atoms with van der Waals surface area (Å²) in [7, 11) is 0. The second-order valence-electron chi connectivity index (χ2n) is 5.71. The third-order valence-corrected chi connectivity index (χ3v) is 4.21. The number of aromatic nitrogens is 1. The van der Waals surface area contributed by atoms with Gasteiger partial charge in [-0.1, -0.05) is 11.6 Å². The standard InChI is InChI=1S/C17H13ClF3N3O2/c18-11-1-3-12(4-2-11)24-13(5-6-15(24)25)16(26)23-14-9-10(7-8-22-14)17(19,20)21/h1-4,7-9,13H,5-6H2,(H,22,23,26)/t13-/m0/s1. The van der Waals surface area contributed by atoms with E-state index in [9.17, 15) is 22.8 Å². The van der Waals surface area contributed by atoms with E-state index in [0.29, 0.717) is 10.7 Å². The highest BCUT2D eigenvalue weighted by Gasteiger charge is 2.37.